The van der Waals surface area contributed by atoms with Gasteiger partial charge in [-0.15, -0.1) is 0 Å². The maximum Gasteiger partial charge on any atom is 0.253 e. The second kappa shape index (κ2) is 5.34. The fourth-order valence-electron chi connectivity index (χ4n) is 1.61. The number of phenolic OH excluding ortho intramolecular Hbond substituents is 1. The Balaban J connectivity index is 2.07. The van der Waals surface area contributed by atoms with E-state index in [4.69, 9.17) is 5.73 Å². The van der Waals surface area contributed by atoms with Crippen molar-refractivity contribution in [2.45, 2.75) is 13.5 Å². The number of anilines is 1. The standard InChI is InChI=1S/C13H14N4O2/c1-8-15-5-4-9(17-8)7-16-13(19)11-6-10(18)2-3-12(11)14/h2-6,18H,7,14H2,1H3,(H,16,19). The normalized spacial score (nSPS) is 10.2. The van der Waals surface area contributed by atoms with Gasteiger partial charge in [0.2, 0.25) is 0 Å². The first-order chi connectivity index (χ1) is 9.06. The van der Waals surface area contributed by atoms with E-state index in [0.717, 1.165) is 0 Å². The zero-order chi connectivity index (χ0) is 13.8. The molecule has 0 spiro atoms. The molecular weight excluding hydrogens is 244 g/mol. The van der Waals surface area contributed by atoms with Gasteiger partial charge in [-0.25, -0.2) is 9.97 Å². The highest BCUT2D eigenvalue weighted by molar-refractivity contribution is 5.99. The van der Waals surface area contributed by atoms with E-state index < -0.39 is 0 Å². The summed E-state index contributed by atoms with van der Waals surface area (Å²) in [5.41, 5.74) is 6.95. The summed E-state index contributed by atoms with van der Waals surface area (Å²) in [6, 6.07) is 5.97. The molecule has 4 N–H and O–H groups in total. The molecule has 0 bridgehead atoms. The summed E-state index contributed by atoms with van der Waals surface area (Å²) >= 11 is 0. The van der Waals surface area contributed by atoms with E-state index in [-0.39, 0.29) is 23.8 Å². The Morgan fingerprint density at radius 2 is 2.21 bits per heavy atom. The predicted octanol–water partition coefficient (Wildman–Crippen LogP) is 1.00. The number of aromatic nitrogens is 2. The number of rotatable bonds is 3. The quantitative estimate of drug-likeness (QED) is 0.563. The molecule has 0 aliphatic heterocycles. The van der Waals surface area contributed by atoms with E-state index in [2.05, 4.69) is 15.3 Å². The number of nitrogens with two attached hydrogens (primary N) is 1. The minimum Gasteiger partial charge on any atom is -0.508 e. The molecule has 1 aromatic carbocycles. The molecule has 0 unspecified atom stereocenters. The van der Waals surface area contributed by atoms with Crippen LogP contribution in [-0.2, 0) is 6.54 Å². The molecule has 0 aliphatic carbocycles. The molecule has 19 heavy (non-hydrogen) atoms. The molecule has 6 heteroatoms. The van der Waals surface area contributed by atoms with E-state index in [0.29, 0.717) is 17.2 Å². The zero-order valence-corrected chi connectivity index (χ0v) is 10.4. The van der Waals surface area contributed by atoms with Crippen LogP contribution in [-0.4, -0.2) is 21.0 Å². The second-order valence-corrected chi connectivity index (χ2v) is 4.05. The smallest absolute Gasteiger partial charge is 0.253 e. The van der Waals surface area contributed by atoms with E-state index in [1.54, 1.807) is 19.2 Å². The number of nitrogen functional groups attached to an aromatic ring is 1. The van der Waals surface area contributed by atoms with Crippen molar-refractivity contribution in [2.24, 2.45) is 0 Å². The van der Waals surface area contributed by atoms with E-state index in [9.17, 15) is 9.90 Å². The molecule has 0 aliphatic rings. The van der Waals surface area contributed by atoms with Crippen LogP contribution in [0.1, 0.15) is 21.9 Å². The van der Waals surface area contributed by atoms with Gasteiger partial charge in [0.05, 0.1) is 17.8 Å². The Morgan fingerprint density at radius 3 is 2.95 bits per heavy atom. The van der Waals surface area contributed by atoms with E-state index >= 15 is 0 Å². The van der Waals surface area contributed by atoms with Gasteiger partial charge in [-0.2, -0.15) is 0 Å². The SMILES string of the molecule is Cc1nccc(CNC(=O)c2cc(O)ccc2N)n1. The molecular formula is C13H14N4O2. The molecule has 0 fully saturated rings. The van der Waals surface area contributed by atoms with Gasteiger partial charge in [0.15, 0.2) is 0 Å². The molecule has 1 heterocycles. The molecule has 0 radical (unpaired) electrons. The van der Waals surface area contributed by atoms with Gasteiger partial charge >= 0.3 is 0 Å². The average molecular weight is 258 g/mol. The lowest BCUT2D eigenvalue weighted by Gasteiger charge is -2.07. The molecule has 1 aromatic heterocycles. The Bertz CT molecular complexity index is 613. The molecule has 2 rings (SSSR count). The van der Waals surface area contributed by atoms with Crippen LogP contribution in [0.4, 0.5) is 5.69 Å². The summed E-state index contributed by atoms with van der Waals surface area (Å²) in [5.74, 6) is 0.283. The lowest BCUT2D eigenvalue weighted by molar-refractivity contribution is 0.0951. The van der Waals surface area contributed by atoms with Crippen molar-refractivity contribution >= 4 is 11.6 Å². The summed E-state index contributed by atoms with van der Waals surface area (Å²) in [7, 11) is 0. The fourth-order valence-corrected chi connectivity index (χ4v) is 1.61. The number of benzene rings is 1. The molecule has 2 aromatic rings. The number of nitrogens with zero attached hydrogens (tertiary/aromatic N) is 2. The van der Waals surface area contributed by atoms with Crippen molar-refractivity contribution in [3.05, 3.63) is 47.5 Å². The highest BCUT2D eigenvalue weighted by Gasteiger charge is 2.10. The van der Waals surface area contributed by atoms with Crippen LogP contribution in [0.15, 0.2) is 30.5 Å². The lowest BCUT2D eigenvalue weighted by Crippen LogP contribution is -2.24. The van der Waals surface area contributed by atoms with Crippen molar-refractivity contribution in [3.63, 3.8) is 0 Å². The van der Waals surface area contributed by atoms with E-state index in [1.165, 1.54) is 18.2 Å². The fraction of sp³-hybridized carbons (Fsp3) is 0.154. The Hall–Kier alpha value is -2.63. The van der Waals surface area contributed by atoms with Crippen molar-refractivity contribution in [2.75, 3.05) is 5.73 Å². The molecule has 6 nitrogen and oxygen atoms in total. The predicted molar refractivity (Wildman–Crippen MR) is 70.5 cm³/mol. The highest BCUT2D eigenvalue weighted by Crippen LogP contribution is 2.18. The number of nitrogens with one attached hydrogen (secondary N) is 1. The summed E-state index contributed by atoms with van der Waals surface area (Å²) < 4.78 is 0. The van der Waals surface area contributed by atoms with Crippen molar-refractivity contribution < 1.29 is 9.90 Å². The van der Waals surface area contributed by atoms with Gasteiger partial charge in [-0.05, 0) is 31.2 Å². The third-order valence-corrected chi connectivity index (χ3v) is 2.55. The Kier molecular flexibility index (Phi) is 3.61. The number of hydrogen-bond acceptors (Lipinski definition) is 5. The van der Waals surface area contributed by atoms with Crippen LogP contribution in [0.2, 0.25) is 0 Å². The summed E-state index contributed by atoms with van der Waals surface area (Å²) in [6.45, 7) is 2.05. The number of amides is 1. The van der Waals surface area contributed by atoms with Crippen LogP contribution >= 0.6 is 0 Å². The monoisotopic (exact) mass is 258 g/mol. The second-order valence-electron chi connectivity index (χ2n) is 4.05. The van der Waals surface area contributed by atoms with Crippen molar-refractivity contribution in [3.8, 4) is 5.75 Å². The van der Waals surface area contributed by atoms with Crippen LogP contribution in [0, 0.1) is 6.92 Å². The third kappa shape index (κ3) is 3.19. The number of carbonyl (C=O) groups is 1. The summed E-state index contributed by atoms with van der Waals surface area (Å²) in [4.78, 5) is 20.1. The Morgan fingerprint density at radius 1 is 1.42 bits per heavy atom. The van der Waals surface area contributed by atoms with Gasteiger partial charge in [0.25, 0.3) is 5.91 Å². The van der Waals surface area contributed by atoms with Gasteiger partial charge in [-0.3, -0.25) is 4.79 Å². The number of aromatic hydroxyl groups is 1. The molecule has 98 valence electrons. The molecule has 0 saturated heterocycles. The zero-order valence-electron chi connectivity index (χ0n) is 10.4. The molecule has 1 amide bonds. The first kappa shape index (κ1) is 12.8. The van der Waals surface area contributed by atoms with Gasteiger partial charge in [0.1, 0.15) is 11.6 Å². The van der Waals surface area contributed by atoms with Gasteiger partial charge in [-0.1, -0.05) is 0 Å². The Labute approximate surface area is 110 Å². The number of aryl methyl sites for hydroxylation is 1. The van der Waals surface area contributed by atoms with Crippen molar-refractivity contribution in [1.29, 1.82) is 0 Å². The lowest BCUT2D eigenvalue weighted by atomic mass is 10.1. The summed E-state index contributed by atoms with van der Waals surface area (Å²) in [5, 5.41) is 12.0. The maximum atomic E-state index is 11.9. The maximum absolute atomic E-state index is 11.9. The average Bonchev–Trinajstić information content (AvgIpc) is 2.39. The van der Waals surface area contributed by atoms with Crippen LogP contribution in [0.25, 0.3) is 0 Å². The molecule has 0 atom stereocenters. The van der Waals surface area contributed by atoms with Crippen molar-refractivity contribution in [1.82, 2.24) is 15.3 Å². The first-order valence-corrected chi connectivity index (χ1v) is 5.71. The molecule has 0 saturated carbocycles. The minimum atomic E-state index is -0.357. The topological polar surface area (TPSA) is 101 Å². The number of carbonyl (C=O) groups excluding carboxylic acids is 1. The first-order valence-electron chi connectivity index (χ1n) is 5.71. The number of hydrogen-bond donors (Lipinski definition) is 3. The van der Waals surface area contributed by atoms with Crippen LogP contribution in [0.5, 0.6) is 5.75 Å². The number of phenols is 1. The highest BCUT2D eigenvalue weighted by atomic mass is 16.3. The summed E-state index contributed by atoms with van der Waals surface area (Å²) in [6.07, 6.45) is 1.63. The van der Waals surface area contributed by atoms with Gasteiger partial charge in [0, 0.05) is 11.9 Å². The van der Waals surface area contributed by atoms with E-state index in [1.807, 2.05) is 0 Å². The minimum absolute atomic E-state index is 0.00256. The third-order valence-electron chi connectivity index (χ3n) is 2.55. The van der Waals surface area contributed by atoms with Crippen LogP contribution < -0.4 is 11.1 Å². The largest absolute Gasteiger partial charge is 0.508 e. The van der Waals surface area contributed by atoms with Gasteiger partial charge < -0.3 is 16.2 Å². The van der Waals surface area contributed by atoms with Crippen LogP contribution in [0.3, 0.4) is 0 Å².